The molecule has 4 heteroatoms. The molecule has 0 amide bonds. The minimum Gasteiger partial charge on any atom is -0.372 e. The van der Waals surface area contributed by atoms with E-state index in [1.54, 1.807) is 13.2 Å². The zero-order valence-electron chi connectivity index (χ0n) is 6.76. The maximum atomic E-state index is 5.57. The van der Waals surface area contributed by atoms with E-state index in [0.717, 1.165) is 12.1 Å². The highest BCUT2D eigenvalue weighted by molar-refractivity contribution is 6.33. The van der Waals surface area contributed by atoms with Gasteiger partial charge in [-0.05, 0) is 6.42 Å². The summed E-state index contributed by atoms with van der Waals surface area (Å²) in [4.78, 5) is 8.18. The highest BCUT2D eigenvalue weighted by Crippen LogP contribution is 1.96. The summed E-state index contributed by atoms with van der Waals surface area (Å²) in [6.45, 7) is 2.02. The van der Waals surface area contributed by atoms with Gasteiger partial charge in [0.2, 0.25) is 0 Å². The largest absolute Gasteiger partial charge is 0.372 e. The Labute approximate surface area is 67.7 Å². The van der Waals surface area contributed by atoms with Crippen molar-refractivity contribution in [2.24, 2.45) is 0 Å². The lowest BCUT2D eigenvalue weighted by atomic mass is 10.0. The summed E-state index contributed by atoms with van der Waals surface area (Å²) in [6, 6.07) is 0. The van der Waals surface area contributed by atoms with Crippen LogP contribution in [0.5, 0.6) is 0 Å². The number of nitrogens with zero attached hydrogens (tertiary/aromatic N) is 2. The SMILES string of the molecule is [B]c1nc(CC)cnc1NC. The normalized spacial score (nSPS) is 9.64. The monoisotopic (exact) mass is 147 g/mol. The van der Waals surface area contributed by atoms with E-state index in [0.29, 0.717) is 11.4 Å². The molecule has 0 atom stereocenters. The first kappa shape index (κ1) is 8.05. The van der Waals surface area contributed by atoms with Crippen LogP contribution in [0.3, 0.4) is 0 Å². The third-order valence-corrected chi connectivity index (χ3v) is 1.45. The van der Waals surface area contributed by atoms with Gasteiger partial charge < -0.3 is 5.32 Å². The van der Waals surface area contributed by atoms with Gasteiger partial charge in [-0.25, -0.2) is 4.98 Å². The highest BCUT2D eigenvalue weighted by Gasteiger charge is 1.98. The van der Waals surface area contributed by atoms with Crippen molar-refractivity contribution >= 4 is 19.3 Å². The van der Waals surface area contributed by atoms with Crippen LogP contribution in [0.2, 0.25) is 0 Å². The molecule has 11 heavy (non-hydrogen) atoms. The van der Waals surface area contributed by atoms with Gasteiger partial charge in [0.05, 0.1) is 11.9 Å². The summed E-state index contributed by atoms with van der Waals surface area (Å²) in [5, 5.41) is 2.85. The second-order valence-corrected chi connectivity index (χ2v) is 2.20. The van der Waals surface area contributed by atoms with E-state index >= 15 is 0 Å². The van der Waals surface area contributed by atoms with Gasteiger partial charge >= 0.3 is 0 Å². The Kier molecular flexibility index (Phi) is 2.46. The van der Waals surface area contributed by atoms with Crippen LogP contribution in [0.15, 0.2) is 6.20 Å². The summed E-state index contributed by atoms with van der Waals surface area (Å²) in [7, 11) is 7.34. The molecule has 56 valence electrons. The van der Waals surface area contributed by atoms with Crippen LogP contribution >= 0.6 is 0 Å². The molecule has 0 aliphatic rings. The lowest BCUT2D eigenvalue weighted by Gasteiger charge is -2.03. The fourth-order valence-corrected chi connectivity index (χ4v) is 0.805. The first-order chi connectivity index (χ1) is 5.27. The van der Waals surface area contributed by atoms with Crippen molar-refractivity contribution in [2.75, 3.05) is 12.4 Å². The molecule has 2 radical (unpaired) electrons. The van der Waals surface area contributed by atoms with E-state index in [1.807, 2.05) is 6.92 Å². The van der Waals surface area contributed by atoms with E-state index in [-0.39, 0.29) is 0 Å². The van der Waals surface area contributed by atoms with Crippen LogP contribution in [-0.2, 0) is 6.42 Å². The molecule has 1 aromatic heterocycles. The van der Waals surface area contributed by atoms with Gasteiger partial charge in [0.1, 0.15) is 13.7 Å². The molecule has 0 saturated heterocycles. The molecule has 0 spiro atoms. The van der Waals surface area contributed by atoms with Crippen LogP contribution in [0.25, 0.3) is 0 Å². The van der Waals surface area contributed by atoms with Gasteiger partial charge in [-0.15, -0.1) is 0 Å². The summed E-state index contributed by atoms with van der Waals surface area (Å²) in [6.07, 6.45) is 2.59. The first-order valence-electron chi connectivity index (χ1n) is 3.57. The molecule has 0 aliphatic heterocycles. The van der Waals surface area contributed by atoms with Crippen molar-refractivity contribution in [3.63, 3.8) is 0 Å². The minimum atomic E-state index is 0.465. The maximum absolute atomic E-state index is 5.57. The van der Waals surface area contributed by atoms with Gasteiger partial charge in [-0.1, -0.05) is 6.92 Å². The summed E-state index contributed by atoms with van der Waals surface area (Å²) >= 11 is 0. The summed E-state index contributed by atoms with van der Waals surface area (Å²) in [5.74, 6) is 0.641. The summed E-state index contributed by atoms with van der Waals surface area (Å²) < 4.78 is 0. The first-order valence-corrected chi connectivity index (χ1v) is 3.57. The van der Waals surface area contributed by atoms with Gasteiger partial charge in [-0.3, -0.25) is 4.98 Å². The van der Waals surface area contributed by atoms with Crippen molar-refractivity contribution in [2.45, 2.75) is 13.3 Å². The smallest absolute Gasteiger partial charge is 0.147 e. The van der Waals surface area contributed by atoms with E-state index in [4.69, 9.17) is 7.85 Å². The van der Waals surface area contributed by atoms with Crippen molar-refractivity contribution in [1.82, 2.24) is 9.97 Å². The van der Waals surface area contributed by atoms with Crippen LogP contribution in [0, 0.1) is 0 Å². The average Bonchev–Trinajstić information content (AvgIpc) is 2.04. The van der Waals surface area contributed by atoms with E-state index in [9.17, 15) is 0 Å². The number of nitrogens with one attached hydrogen (secondary N) is 1. The zero-order chi connectivity index (χ0) is 8.27. The molecule has 0 fully saturated rings. The number of aromatic nitrogens is 2. The van der Waals surface area contributed by atoms with Gasteiger partial charge in [0, 0.05) is 12.6 Å². The Bertz CT molecular complexity index is 249. The quantitative estimate of drug-likeness (QED) is 0.592. The Hall–Kier alpha value is -1.06. The molecule has 1 N–H and O–H groups in total. The zero-order valence-corrected chi connectivity index (χ0v) is 6.76. The predicted molar refractivity (Wildman–Crippen MR) is 46.3 cm³/mol. The number of rotatable bonds is 2. The molecular weight excluding hydrogens is 137 g/mol. The van der Waals surface area contributed by atoms with Crippen molar-refractivity contribution < 1.29 is 0 Å². The molecule has 0 aliphatic carbocycles. The topological polar surface area (TPSA) is 37.8 Å². The third-order valence-electron chi connectivity index (χ3n) is 1.45. The Morgan fingerprint density at radius 2 is 2.36 bits per heavy atom. The molecule has 0 bridgehead atoms. The van der Waals surface area contributed by atoms with Crippen LogP contribution in [-0.4, -0.2) is 24.9 Å². The molecule has 1 aromatic rings. The second-order valence-electron chi connectivity index (χ2n) is 2.20. The van der Waals surface area contributed by atoms with Gasteiger partial charge in [0.15, 0.2) is 0 Å². The van der Waals surface area contributed by atoms with E-state index in [2.05, 4.69) is 15.3 Å². The summed E-state index contributed by atoms with van der Waals surface area (Å²) in [5.41, 5.74) is 1.38. The van der Waals surface area contributed by atoms with E-state index < -0.39 is 0 Å². The van der Waals surface area contributed by atoms with E-state index in [1.165, 1.54) is 0 Å². The van der Waals surface area contributed by atoms with Crippen molar-refractivity contribution in [3.8, 4) is 0 Å². The third kappa shape index (κ3) is 1.70. The average molecular weight is 147 g/mol. The fraction of sp³-hybridized carbons (Fsp3) is 0.429. The van der Waals surface area contributed by atoms with Gasteiger partial charge in [0.25, 0.3) is 0 Å². The standard InChI is InChI=1S/C7H10BN3/c1-3-5-4-10-7(9-2)6(8)11-5/h4H,3H2,1-2H3,(H,9,10). The molecule has 1 heterocycles. The lowest BCUT2D eigenvalue weighted by molar-refractivity contribution is 1.02. The second kappa shape index (κ2) is 3.37. The molecule has 0 unspecified atom stereocenters. The number of aryl methyl sites for hydroxylation is 1. The number of anilines is 1. The fourth-order valence-electron chi connectivity index (χ4n) is 0.805. The van der Waals surface area contributed by atoms with Crippen LogP contribution < -0.4 is 10.9 Å². The molecule has 0 aromatic carbocycles. The molecule has 3 nitrogen and oxygen atoms in total. The predicted octanol–water partition coefficient (Wildman–Crippen LogP) is -0.126. The minimum absolute atomic E-state index is 0.465. The number of hydrogen-bond acceptors (Lipinski definition) is 3. The Morgan fingerprint density at radius 1 is 1.64 bits per heavy atom. The molecule has 1 rings (SSSR count). The number of hydrogen-bond donors (Lipinski definition) is 1. The maximum Gasteiger partial charge on any atom is 0.147 e. The highest BCUT2D eigenvalue weighted by atomic mass is 15.0. The Morgan fingerprint density at radius 3 is 2.82 bits per heavy atom. The molecular formula is C7H10BN3. The Balaban J connectivity index is 2.99. The van der Waals surface area contributed by atoms with Crippen LogP contribution in [0.1, 0.15) is 12.6 Å². The van der Waals surface area contributed by atoms with Crippen molar-refractivity contribution in [1.29, 1.82) is 0 Å². The van der Waals surface area contributed by atoms with Crippen molar-refractivity contribution in [3.05, 3.63) is 11.9 Å². The molecule has 0 saturated carbocycles. The van der Waals surface area contributed by atoms with Gasteiger partial charge in [-0.2, -0.15) is 0 Å². The van der Waals surface area contributed by atoms with Crippen LogP contribution in [0.4, 0.5) is 5.82 Å². The lowest BCUT2D eigenvalue weighted by Crippen LogP contribution is -2.17.